The molecule has 1 aliphatic heterocycles. The molecular weight excluding hydrogens is 451 g/mol. The maximum absolute atomic E-state index is 10.4. The summed E-state index contributed by atoms with van der Waals surface area (Å²) in [4.78, 5) is 0. The summed E-state index contributed by atoms with van der Waals surface area (Å²) in [5, 5.41) is 41.2. The minimum atomic E-state index is -1.43. The van der Waals surface area contributed by atoms with Gasteiger partial charge >= 0.3 is 0 Å². The zero-order valence-electron chi connectivity index (χ0n) is 17.1. The van der Waals surface area contributed by atoms with Gasteiger partial charge < -0.3 is 25.2 Å². The van der Waals surface area contributed by atoms with Gasteiger partial charge in [-0.25, -0.2) is 0 Å². The van der Waals surface area contributed by atoms with Crippen molar-refractivity contribution >= 4 is 23.2 Å². The Morgan fingerprint density at radius 1 is 0.750 bits per heavy atom. The molecular formula is C25H24Cl2O5. The number of hydrogen-bond donors (Lipinski definition) is 4. The second-order valence-corrected chi connectivity index (χ2v) is 8.82. The third-order valence-electron chi connectivity index (χ3n) is 5.82. The van der Waals surface area contributed by atoms with Crippen molar-refractivity contribution in [1.82, 2.24) is 0 Å². The lowest BCUT2D eigenvalue weighted by atomic mass is 9.90. The van der Waals surface area contributed by atoms with E-state index in [2.05, 4.69) is 0 Å². The van der Waals surface area contributed by atoms with E-state index in [1.54, 1.807) is 12.1 Å². The van der Waals surface area contributed by atoms with Gasteiger partial charge in [0.15, 0.2) is 0 Å². The molecule has 4 rings (SSSR count). The molecule has 1 heterocycles. The maximum atomic E-state index is 10.4. The Labute approximate surface area is 196 Å². The topological polar surface area (TPSA) is 90.2 Å². The third-order valence-corrected chi connectivity index (χ3v) is 6.44. The van der Waals surface area contributed by atoms with Gasteiger partial charge in [-0.2, -0.15) is 0 Å². The molecule has 7 heteroatoms. The van der Waals surface area contributed by atoms with Crippen LogP contribution in [0.2, 0.25) is 10.0 Å². The summed E-state index contributed by atoms with van der Waals surface area (Å²) in [6.45, 7) is -0.470. The Hall–Kier alpha value is -1.96. The molecule has 0 aromatic heterocycles. The van der Waals surface area contributed by atoms with Crippen LogP contribution < -0.4 is 0 Å². The predicted molar refractivity (Wildman–Crippen MR) is 124 cm³/mol. The molecule has 1 aliphatic rings. The van der Waals surface area contributed by atoms with E-state index in [1.165, 1.54) is 0 Å². The van der Waals surface area contributed by atoms with Crippen LogP contribution >= 0.6 is 23.2 Å². The van der Waals surface area contributed by atoms with Gasteiger partial charge in [0.25, 0.3) is 0 Å². The van der Waals surface area contributed by atoms with Crippen LogP contribution in [0.15, 0.2) is 66.7 Å². The highest BCUT2D eigenvalue weighted by Crippen LogP contribution is 2.34. The number of rotatable bonds is 5. The zero-order valence-corrected chi connectivity index (χ0v) is 18.6. The molecule has 1 fully saturated rings. The maximum Gasteiger partial charge on any atom is 0.113 e. The van der Waals surface area contributed by atoms with Crippen molar-refractivity contribution in [3.8, 4) is 11.1 Å². The summed E-state index contributed by atoms with van der Waals surface area (Å²) in [6, 6.07) is 21.0. The molecule has 4 N–H and O–H groups in total. The molecule has 0 amide bonds. The van der Waals surface area contributed by atoms with Crippen LogP contribution in [0, 0.1) is 0 Å². The second-order valence-electron chi connectivity index (χ2n) is 7.98. The van der Waals surface area contributed by atoms with E-state index in [4.69, 9.17) is 27.9 Å². The Bertz CT molecular complexity index is 1050. The lowest BCUT2D eigenvalue weighted by molar-refractivity contribution is -0.231. The molecule has 0 aliphatic carbocycles. The van der Waals surface area contributed by atoms with Crippen molar-refractivity contribution in [2.75, 3.05) is 6.61 Å². The Kier molecular flexibility index (Phi) is 7.17. The van der Waals surface area contributed by atoms with Crippen LogP contribution in [0.4, 0.5) is 0 Å². The lowest BCUT2D eigenvalue weighted by Crippen LogP contribution is -2.55. The Morgan fingerprint density at radius 3 is 2.00 bits per heavy atom. The highest BCUT2D eigenvalue weighted by atomic mass is 35.5. The van der Waals surface area contributed by atoms with E-state index in [0.717, 1.165) is 22.3 Å². The summed E-state index contributed by atoms with van der Waals surface area (Å²) in [6.07, 6.45) is -5.44. The fourth-order valence-corrected chi connectivity index (χ4v) is 4.27. The number of aliphatic hydroxyl groups excluding tert-OH is 4. The molecule has 5 atom stereocenters. The average Bonchev–Trinajstić information content (AvgIpc) is 2.80. The number of benzene rings is 3. The normalized spacial score (nSPS) is 25.6. The minimum Gasteiger partial charge on any atom is -0.394 e. The average molecular weight is 475 g/mol. The van der Waals surface area contributed by atoms with Crippen molar-refractivity contribution in [1.29, 1.82) is 0 Å². The molecule has 0 spiro atoms. The highest BCUT2D eigenvalue weighted by Gasteiger charge is 2.44. The van der Waals surface area contributed by atoms with Crippen LogP contribution in [-0.4, -0.2) is 51.4 Å². The minimum absolute atomic E-state index is 0.470. The van der Waals surface area contributed by atoms with Crippen LogP contribution in [0.1, 0.15) is 22.8 Å². The first-order valence-corrected chi connectivity index (χ1v) is 11.1. The first kappa shape index (κ1) is 23.2. The molecule has 1 saturated heterocycles. The van der Waals surface area contributed by atoms with Crippen LogP contribution in [-0.2, 0) is 11.2 Å². The molecule has 3 aromatic carbocycles. The van der Waals surface area contributed by atoms with Gasteiger partial charge in [0, 0.05) is 10.0 Å². The van der Waals surface area contributed by atoms with Crippen LogP contribution in [0.3, 0.4) is 0 Å². The number of ether oxygens (including phenoxy) is 1. The summed E-state index contributed by atoms with van der Waals surface area (Å²) in [5.41, 5.74) is 4.64. The quantitative estimate of drug-likeness (QED) is 0.451. The van der Waals surface area contributed by atoms with Crippen molar-refractivity contribution in [3.63, 3.8) is 0 Å². The number of hydrogen-bond acceptors (Lipinski definition) is 5. The fourth-order valence-electron chi connectivity index (χ4n) is 3.96. The molecule has 32 heavy (non-hydrogen) atoms. The second kappa shape index (κ2) is 9.89. The fraction of sp³-hybridized carbons (Fsp3) is 0.280. The predicted octanol–water partition coefficient (Wildman–Crippen LogP) is 3.77. The molecule has 0 radical (unpaired) electrons. The number of aliphatic hydroxyl groups is 4. The van der Waals surface area contributed by atoms with E-state index in [1.807, 2.05) is 54.6 Å². The van der Waals surface area contributed by atoms with Gasteiger partial charge in [0.05, 0.1) is 6.61 Å². The summed E-state index contributed by atoms with van der Waals surface area (Å²) in [5.74, 6) is 0. The molecule has 0 saturated carbocycles. The largest absolute Gasteiger partial charge is 0.394 e. The van der Waals surface area contributed by atoms with E-state index < -0.39 is 37.1 Å². The monoisotopic (exact) mass is 474 g/mol. The highest BCUT2D eigenvalue weighted by molar-refractivity contribution is 6.31. The van der Waals surface area contributed by atoms with Gasteiger partial charge in [-0.3, -0.25) is 0 Å². The van der Waals surface area contributed by atoms with Gasteiger partial charge in [-0.05, 0) is 52.4 Å². The molecule has 168 valence electrons. The van der Waals surface area contributed by atoms with Crippen LogP contribution in [0.25, 0.3) is 11.1 Å². The molecule has 3 aromatic rings. The van der Waals surface area contributed by atoms with Gasteiger partial charge in [0.1, 0.15) is 30.5 Å². The van der Waals surface area contributed by atoms with Crippen molar-refractivity contribution in [2.24, 2.45) is 0 Å². The van der Waals surface area contributed by atoms with Gasteiger partial charge in [0.2, 0.25) is 0 Å². The summed E-state index contributed by atoms with van der Waals surface area (Å²) in [7, 11) is 0. The molecule has 5 nitrogen and oxygen atoms in total. The van der Waals surface area contributed by atoms with Crippen molar-refractivity contribution in [3.05, 3.63) is 93.5 Å². The van der Waals surface area contributed by atoms with E-state index >= 15 is 0 Å². The van der Waals surface area contributed by atoms with Crippen molar-refractivity contribution in [2.45, 2.75) is 36.9 Å². The standard InChI is InChI=1S/C25H24Cl2O5/c26-19-8-5-16(6-9-19)15-3-1-14(2-4-15)11-18-12-17(7-10-20(18)27)25-24(31)23(30)22(29)21(13-28)32-25/h1-10,12,21-25,28-31H,11,13H2. The first-order valence-electron chi connectivity index (χ1n) is 10.3. The molecule has 0 bridgehead atoms. The van der Waals surface area contributed by atoms with Crippen molar-refractivity contribution < 1.29 is 25.2 Å². The van der Waals surface area contributed by atoms with Gasteiger partial charge in [-0.1, -0.05) is 71.7 Å². The Morgan fingerprint density at radius 2 is 1.38 bits per heavy atom. The third kappa shape index (κ3) is 4.85. The smallest absolute Gasteiger partial charge is 0.113 e. The molecule has 5 unspecified atom stereocenters. The first-order chi connectivity index (χ1) is 15.4. The Balaban J connectivity index is 1.55. The van der Waals surface area contributed by atoms with Crippen LogP contribution in [0.5, 0.6) is 0 Å². The zero-order chi connectivity index (χ0) is 22.8. The van der Waals surface area contributed by atoms with E-state index in [0.29, 0.717) is 22.0 Å². The SMILES string of the molecule is OCC1OC(c2ccc(Cl)c(Cc3ccc(-c4ccc(Cl)cc4)cc3)c2)C(O)C(O)C1O. The van der Waals surface area contributed by atoms with E-state index in [-0.39, 0.29) is 0 Å². The number of halogens is 2. The summed E-state index contributed by atoms with van der Waals surface area (Å²) < 4.78 is 5.67. The van der Waals surface area contributed by atoms with Gasteiger partial charge in [-0.15, -0.1) is 0 Å². The summed E-state index contributed by atoms with van der Waals surface area (Å²) >= 11 is 12.4. The lowest BCUT2D eigenvalue weighted by Gasteiger charge is -2.40. The van der Waals surface area contributed by atoms with E-state index in [9.17, 15) is 20.4 Å².